The summed E-state index contributed by atoms with van der Waals surface area (Å²) in [5, 5.41) is 3.58. The Labute approximate surface area is 118 Å². The first kappa shape index (κ1) is 15.3. The summed E-state index contributed by atoms with van der Waals surface area (Å²) in [7, 11) is 1.51. The van der Waals surface area contributed by atoms with E-state index in [1.807, 2.05) is 0 Å². The Kier molecular flexibility index (Phi) is 5.47. The third-order valence-electron chi connectivity index (χ3n) is 2.23. The average molecular weight is 292 g/mol. The van der Waals surface area contributed by atoms with Crippen molar-refractivity contribution < 1.29 is 4.74 Å². The molecule has 0 aliphatic carbocycles. The number of methoxy groups -OCH3 is 1. The monoisotopic (exact) mass is 291 g/mol. The fourth-order valence-electron chi connectivity index (χ4n) is 1.52. The topological polar surface area (TPSA) is 47.0 Å². The number of aromatic nitrogens is 2. The van der Waals surface area contributed by atoms with Crippen LogP contribution in [-0.4, -0.2) is 29.0 Å². The predicted octanol–water partition coefficient (Wildman–Crippen LogP) is 3.59. The van der Waals surface area contributed by atoms with Crippen LogP contribution in [0.15, 0.2) is 6.20 Å². The minimum Gasteiger partial charge on any atom is -0.467 e. The highest BCUT2D eigenvalue weighted by atomic mass is 35.5. The summed E-state index contributed by atoms with van der Waals surface area (Å²) in [6, 6.07) is 0.281. The highest BCUT2D eigenvalue weighted by molar-refractivity contribution is 6.32. The van der Waals surface area contributed by atoms with Crippen LogP contribution in [0.5, 0.6) is 6.01 Å². The van der Waals surface area contributed by atoms with Crippen molar-refractivity contribution in [3.8, 4) is 6.01 Å². The molecular weight excluding hydrogens is 273 g/mol. The number of halogens is 2. The highest BCUT2D eigenvalue weighted by Crippen LogP contribution is 2.25. The van der Waals surface area contributed by atoms with Crippen molar-refractivity contribution in [3.05, 3.63) is 11.2 Å². The van der Waals surface area contributed by atoms with E-state index in [2.05, 4.69) is 36.1 Å². The van der Waals surface area contributed by atoms with Crippen molar-refractivity contribution in [1.82, 2.24) is 9.97 Å². The molecule has 1 atom stereocenters. The quantitative estimate of drug-likeness (QED) is 0.842. The Bertz CT molecular complexity index is 393. The SMILES string of the molecule is COc1ncc(Cl)c(NCC(Cl)CC(C)(C)C)n1. The molecule has 1 aromatic rings. The lowest BCUT2D eigenvalue weighted by Crippen LogP contribution is -2.21. The molecule has 1 N–H and O–H groups in total. The van der Waals surface area contributed by atoms with Crippen LogP contribution in [0.1, 0.15) is 27.2 Å². The van der Waals surface area contributed by atoms with Crippen molar-refractivity contribution in [2.75, 3.05) is 19.0 Å². The van der Waals surface area contributed by atoms with Gasteiger partial charge in [0.15, 0.2) is 5.82 Å². The first-order valence-corrected chi connectivity index (χ1v) is 6.58. The van der Waals surface area contributed by atoms with Gasteiger partial charge in [0.1, 0.15) is 5.02 Å². The predicted molar refractivity (Wildman–Crippen MR) is 75.8 cm³/mol. The van der Waals surface area contributed by atoms with E-state index >= 15 is 0 Å². The zero-order valence-corrected chi connectivity index (χ0v) is 12.6. The Hall–Kier alpha value is -0.740. The second-order valence-corrected chi connectivity index (χ2v) is 6.32. The van der Waals surface area contributed by atoms with Gasteiger partial charge in [-0.1, -0.05) is 32.4 Å². The zero-order valence-electron chi connectivity index (χ0n) is 11.1. The van der Waals surface area contributed by atoms with Gasteiger partial charge in [-0.15, -0.1) is 11.6 Å². The van der Waals surface area contributed by atoms with Crippen LogP contribution in [-0.2, 0) is 0 Å². The Morgan fingerprint density at radius 3 is 2.67 bits per heavy atom. The first-order chi connectivity index (χ1) is 8.31. The molecule has 102 valence electrons. The van der Waals surface area contributed by atoms with Gasteiger partial charge >= 0.3 is 6.01 Å². The summed E-state index contributed by atoms with van der Waals surface area (Å²) >= 11 is 12.2. The molecule has 1 aromatic heterocycles. The standard InChI is InChI=1S/C12H19Cl2N3O/c1-12(2,3)5-8(13)6-15-10-9(14)7-16-11(17-10)18-4/h7-8H,5-6H2,1-4H3,(H,15,16,17). The maximum Gasteiger partial charge on any atom is 0.318 e. The lowest BCUT2D eigenvalue weighted by atomic mass is 9.90. The molecule has 0 saturated carbocycles. The van der Waals surface area contributed by atoms with E-state index in [1.165, 1.54) is 13.3 Å². The number of nitrogens with one attached hydrogen (secondary N) is 1. The normalized spacial score (nSPS) is 13.2. The van der Waals surface area contributed by atoms with Gasteiger partial charge in [-0.25, -0.2) is 4.98 Å². The van der Waals surface area contributed by atoms with Gasteiger partial charge < -0.3 is 10.1 Å². The molecule has 0 fully saturated rings. The third-order valence-corrected chi connectivity index (χ3v) is 2.81. The number of nitrogens with zero attached hydrogens (tertiary/aromatic N) is 2. The molecule has 1 rings (SSSR count). The van der Waals surface area contributed by atoms with Crippen molar-refractivity contribution in [2.24, 2.45) is 5.41 Å². The largest absolute Gasteiger partial charge is 0.467 e. The molecule has 1 heterocycles. The Morgan fingerprint density at radius 1 is 1.44 bits per heavy atom. The van der Waals surface area contributed by atoms with Crippen LogP contribution >= 0.6 is 23.2 Å². The van der Waals surface area contributed by atoms with E-state index in [0.29, 0.717) is 17.4 Å². The number of hydrogen-bond donors (Lipinski definition) is 1. The molecule has 0 aliphatic rings. The van der Waals surface area contributed by atoms with Crippen LogP contribution in [0.3, 0.4) is 0 Å². The van der Waals surface area contributed by atoms with E-state index in [4.69, 9.17) is 27.9 Å². The third kappa shape index (κ3) is 5.27. The molecule has 0 bridgehead atoms. The molecule has 1 unspecified atom stereocenters. The van der Waals surface area contributed by atoms with E-state index in [1.54, 1.807) is 0 Å². The number of rotatable bonds is 5. The summed E-state index contributed by atoms with van der Waals surface area (Å²) in [6.45, 7) is 7.06. The first-order valence-electron chi connectivity index (χ1n) is 5.76. The van der Waals surface area contributed by atoms with E-state index in [-0.39, 0.29) is 16.8 Å². The van der Waals surface area contributed by atoms with Gasteiger partial charge in [-0.3, -0.25) is 0 Å². The van der Waals surface area contributed by atoms with Crippen molar-refractivity contribution >= 4 is 29.0 Å². The molecule has 0 spiro atoms. The molecule has 0 amide bonds. The molecule has 4 nitrogen and oxygen atoms in total. The number of anilines is 1. The lowest BCUT2D eigenvalue weighted by Gasteiger charge is -2.22. The fraction of sp³-hybridized carbons (Fsp3) is 0.667. The van der Waals surface area contributed by atoms with Gasteiger partial charge in [0, 0.05) is 6.54 Å². The molecule has 6 heteroatoms. The summed E-state index contributed by atoms with van der Waals surface area (Å²) < 4.78 is 4.94. The van der Waals surface area contributed by atoms with Crippen molar-refractivity contribution in [2.45, 2.75) is 32.6 Å². The number of hydrogen-bond acceptors (Lipinski definition) is 4. The Morgan fingerprint density at radius 2 is 2.11 bits per heavy atom. The lowest BCUT2D eigenvalue weighted by molar-refractivity contribution is 0.372. The number of alkyl halides is 1. The van der Waals surface area contributed by atoms with Gasteiger partial charge in [-0.05, 0) is 11.8 Å². The van der Waals surface area contributed by atoms with Gasteiger partial charge in [0.2, 0.25) is 0 Å². The van der Waals surface area contributed by atoms with Crippen LogP contribution in [0.4, 0.5) is 5.82 Å². The minimum atomic E-state index is 0.0158. The van der Waals surface area contributed by atoms with Crippen molar-refractivity contribution in [1.29, 1.82) is 0 Å². The van der Waals surface area contributed by atoms with Crippen LogP contribution < -0.4 is 10.1 Å². The number of ether oxygens (including phenoxy) is 1. The fourth-order valence-corrected chi connectivity index (χ4v) is 2.22. The summed E-state index contributed by atoms with van der Waals surface area (Å²) in [5.74, 6) is 0.545. The molecule has 0 aliphatic heterocycles. The maximum atomic E-state index is 6.26. The molecule has 0 aromatic carbocycles. The second kappa shape index (κ2) is 6.43. The minimum absolute atomic E-state index is 0.0158. The van der Waals surface area contributed by atoms with Gasteiger partial charge in [0.25, 0.3) is 0 Å². The van der Waals surface area contributed by atoms with Gasteiger partial charge in [0.05, 0.1) is 18.7 Å². The molecule has 18 heavy (non-hydrogen) atoms. The van der Waals surface area contributed by atoms with Gasteiger partial charge in [-0.2, -0.15) is 4.98 Å². The van der Waals surface area contributed by atoms with E-state index in [0.717, 1.165) is 6.42 Å². The van der Waals surface area contributed by atoms with E-state index < -0.39 is 0 Å². The Balaban J connectivity index is 2.57. The molecular formula is C12H19Cl2N3O. The van der Waals surface area contributed by atoms with Crippen LogP contribution in [0.2, 0.25) is 5.02 Å². The smallest absolute Gasteiger partial charge is 0.318 e. The van der Waals surface area contributed by atoms with Crippen LogP contribution in [0, 0.1) is 5.41 Å². The van der Waals surface area contributed by atoms with E-state index in [9.17, 15) is 0 Å². The molecule has 0 radical (unpaired) electrons. The zero-order chi connectivity index (χ0) is 13.8. The summed E-state index contributed by atoms with van der Waals surface area (Å²) in [4.78, 5) is 8.03. The highest BCUT2D eigenvalue weighted by Gasteiger charge is 2.17. The summed E-state index contributed by atoms with van der Waals surface area (Å²) in [5.41, 5.74) is 0.196. The van der Waals surface area contributed by atoms with Crippen LogP contribution in [0.25, 0.3) is 0 Å². The summed E-state index contributed by atoms with van der Waals surface area (Å²) in [6.07, 6.45) is 2.41. The van der Waals surface area contributed by atoms with Crippen molar-refractivity contribution in [3.63, 3.8) is 0 Å². The average Bonchev–Trinajstić information content (AvgIpc) is 2.25. The maximum absolute atomic E-state index is 6.26. The molecule has 0 saturated heterocycles. The second-order valence-electron chi connectivity index (χ2n) is 5.30.